The Labute approximate surface area is 114 Å². The standard InChI is InChI=1S/C15H19N3O/c1-18(10-9-12-5-2-3-6-12)15(19)14-8-4-7-13(11-16)17-14/h4,7-8,12H,2-3,5-6,9-10H2,1H3. The zero-order valence-corrected chi connectivity index (χ0v) is 11.3. The number of pyridine rings is 1. The third-order valence-corrected chi connectivity index (χ3v) is 3.78. The van der Waals surface area contributed by atoms with Crippen LogP contribution in [0, 0.1) is 17.2 Å². The number of rotatable bonds is 4. The Kier molecular flexibility index (Phi) is 4.51. The van der Waals surface area contributed by atoms with Crippen molar-refractivity contribution >= 4 is 5.91 Å². The third-order valence-electron chi connectivity index (χ3n) is 3.78. The molecule has 1 saturated carbocycles. The molecule has 0 unspecified atom stereocenters. The fourth-order valence-corrected chi connectivity index (χ4v) is 2.59. The Morgan fingerprint density at radius 1 is 1.47 bits per heavy atom. The first kappa shape index (κ1) is 13.5. The molecule has 0 saturated heterocycles. The van der Waals surface area contributed by atoms with Gasteiger partial charge in [0, 0.05) is 13.6 Å². The second-order valence-corrected chi connectivity index (χ2v) is 5.19. The largest absolute Gasteiger partial charge is 0.340 e. The molecule has 4 nitrogen and oxygen atoms in total. The number of hydrogen-bond acceptors (Lipinski definition) is 3. The van der Waals surface area contributed by atoms with E-state index in [1.54, 1.807) is 30.1 Å². The molecule has 1 aromatic heterocycles. The fourth-order valence-electron chi connectivity index (χ4n) is 2.59. The Morgan fingerprint density at radius 2 is 2.21 bits per heavy atom. The number of hydrogen-bond donors (Lipinski definition) is 0. The average Bonchev–Trinajstić information content (AvgIpc) is 2.97. The predicted octanol–water partition coefficient (Wildman–Crippen LogP) is 2.61. The van der Waals surface area contributed by atoms with Crippen molar-refractivity contribution in [3.63, 3.8) is 0 Å². The lowest BCUT2D eigenvalue weighted by atomic mass is 10.0. The van der Waals surface area contributed by atoms with Gasteiger partial charge >= 0.3 is 0 Å². The highest BCUT2D eigenvalue weighted by Crippen LogP contribution is 2.27. The van der Waals surface area contributed by atoms with Crippen molar-refractivity contribution in [3.8, 4) is 6.07 Å². The number of nitriles is 1. The molecule has 1 heterocycles. The quantitative estimate of drug-likeness (QED) is 0.833. The minimum Gasteiger partial charge on any atom is -0.340 e. The van der Waals surface area contributed by atoms with Crippen LogP contribution in [0.15, 0.2) is 18.2 Å². The van der Waals surface area contributed by atoms with Gasteiger partial charge < -0.3 is 4.90 Å². The van der Waals surface area contributed by atoms with Crippen LogP contribution in [0.2, 0.25) is 0 Å². The van der Waals surface area contributed by atoms with Gasteiger partial charge in [-0.25, -0.2) is 4.98 Å². The summed E-state index contributed by atoms with van der Waals surface area (Å²) in [4.78, 5) is 17.9. The van der Waals surface area contributed by atoms with Gasteiger partial charge in [0.05, 0.1) is 0 Å². The van der Waals surface area contributed by atoms with E-state index in [0.29, 0.717) is 5.69 Å². The van der Waals surface area contributed by atoms with E-state index in [-0.39, 0.29) is 11.6 Å². The van der Waals surface area contributed by atoms with Gasteiger partial charge in [0.1, 0.15) is 17.5 Å². The van der Waals surface area contributed by atoms with E-state index >= 15 is 0 Å². The molecular formula is C15H19N3O. The molecule has 0 N–H and O–H groups in total. The van der Waals surface area contributed by atoms with Crippen LogP contribution >= 0.6 is 0 Å². The maximum atomic E-state index is 12.2. The molecular weight excluding hydrogens is 238 g/mol. The summed E-state index contributed by atoms with van der Waals surface area (Å²) < 4.78 is 0. The molecule has 19 heavy (non-hydrogen) atoms. The van der Waals surface area contributed by atoms with Gasteiger partial charge in [-0.1, -0.05) is 31.7 Å². The van der Waals surface area contributed by atoms with Crippen LogP contribution in [-0.2, 0) is 0 Å². The summed E-state index contributed by atoms with van der Waals surface area (Å²) in [6.45, 7) is 0.766. The highest BCUT2D eigenvalue weighted by Gasteiger charge is 2.18. The van der Waals surface area contributed by atoms with Crippen molar-refractivity contribution in [1.29, 1.82) is 5.26 Å². The first-order chi connectivity index (χ1) is 9.20. The second kappa shape index (κ2) is 6.33. The van der Waals surface area contributed by atoms with Gasteiger partial charge in [-0.05, 0) is 24.5 Å². The van der Waals surface area contributed by atoms with Crippen LogP contribution in [0.3, 0.4) is 0 Å². The van der Waals surface area contributed by atoms with Crippen molar-refractivity contribution in [2.24, 2.45) is 5.92 Å². The minimum atomic E-state index is -0.102. The summed E-state index contributed by atoms with van der Waals surface area (Å²) in [6, 6.07) is 6.92. The van der Waals surface area contributed by atoms with Gasteiger partial charge in [-0.3, -0.25) is 4.79 Å². The van der Waals surface area contributed by atoms with Gasteiger partial charge in [0.15, 0.2) is 0 Å². The highest BCUT2D eigenvalue weighted by molar-refractivity contribution is 5.92. The summed E-state index contributed by atoms with van der Waals surface area (Å²) in [6.07, 6.45) is 6.32. The van der Waals surface area contributed by atoms with Crippen LogP contribution in [0.1, 0.15) is 48.3 Å². The van der Waals surface area contributed by atoms with Gasteiger partial charge in [0.25, 0.3) is 5.91 Å². The molecule has 1 fully saturated rings. The van der Waals surface area contributed by atoms with E-state index in [4.69, 9.17) is 5.26 Å². The predicted molar refractivity (Wildman–Crippen MR) is 72.5 cm³/mol. The van der Waals surface area contributed by atoms with Crippen molar-refractivity contribution < 1.29 is 4.79 Å². The molecule has 4 heteroatoms. The molecule has 1 aliphatic rings. The van der Waals surface area contributed by atoms with Gasteiger partial charge in [-0.15, -0.1) is 0 Å². The van der Waals surface area contributed by atoms with Crippen LogP contribution in [0.5, 0.6) is 0 Å². The van der Waals surface area contributed by atoms with Gasteiger partial charge in [0.2, 0.25) is 0 Å². The Hall–Kier alpha value is -1.89. The fraction of sp³-hybridized carbons (Fsp3) is 0.533. The molecule has 1 aromatic rings. The molecule has 1 amide bonds. The normalized spacial score (nSPS) is 15.2. The summed E-state index contributed by atoms with van der Waals surface area (Å²) in [5.41, 5.74) is 0.642. The Balaban J connectivity index is 1.92. The maximum Gasteiger partial charge on any atom is 0.272 e. The second-order valence-electron chi connectivity index (χ2n) is 5.19. The SMILES string of the molecule is CN(CCC1CCCC1)C(=O)c1cccc(C#N)n1. The highest BCUT2D eigenvalue weighted by atomic mass is 16.2. The smallest absolute Gasteiger partial charge is 0.272 e. The zero-order valence-electron chi connectivity index (χ0n) is 11.3. The summed E-state index contributed by atoms with van der Waals surface area (Å²) >= 11 is 0. The maximum absolute atomic E-state index is 12.2. The van der Waals surface area contributed by atoms with Gasteiger partial charge in [-0.2, -0.15) is 5.26 Å². The molecule has 0 radical (unpaired) electrons. The minimum absolute atomic E-state index is 0.102. The molecule has 0 aliphatic heterocycles. The van der Waals surface area contributed by atoms with Crippen molar-refractivity contribution in [1.82, 2.24) is 9.88 Å². The van der Waals surface area contributed by atoms with E-state index < -0.39 is 0 Å². The number of carbonyl (C=O) groups is 1. The van der Waals surface area contributed by atoms with Crippen LogP contribution in [-0.4, -0.2) is 29.4 Å². The molecule has 0 bridgehead atoms. The van der Waals surface area contributed by atoms with Crippen LogP contribution < -0.4 is 0 Å². The summed E-state index contributed by atoms with van der Waals surface area (Å²) in [7, 11) is 1.80. The van der Waals surface area contributed by atoms with E-state index in [2.05, 4.69) is 4.98 Å². The third kappa shape index (κ3) is 3.54. The van der Waals surface area contributed by atoms with Crippen LogP contribution in [0.25, 0.3) is 0 Å². The summed E-state index contributed by atoms with van der Waals surface area (Å²) in [5.74, 6) is 0.670. The Bertz CT molecular complexity index is 486. The van der Waals surface area contributed by atoms with Crippen molar-refractivity contribution in [3.05, 3.63) is 29.6 Å². The molecule has 2 rings (SSSR count). The molecule has 0 atom stereocenters. The van der Waals surface area contributed by atoms with Crippen molar-refractivity contribution in [2.75, 3.05) is 13.6 Å². The molecule has 1 aliphatic carbocycles. The summed E-state index contributed by atoms with van der Waals surface area (Å²) in [5, 5.41) is 8.79. The first-order valence-electron chi connectivity index (χ1n) is 6.83. The van der Waals surface area contributed by atoms with E-state index in [1.165, 1.54) is 25.7 Å². The van der Waals surface area contributed by atoms with E-state index in [9.17, 15) is 4.79 Å². The average molecular weight is 257 g/mol. The number of aromatic nitrogens is 1. The monoisotopic (exact) mass is 257 g/mol. The number of nitrogens with zero attached hydrogens (tertiary/aromatic N) is 3. The molecule has 100 valence electrons. The lowest BCUT2D eigenvalue weighted by Crippen LogP contribution is -2.29. The van der Waals surface area contributed by atoms with Crippen molar-refractivity contribution in [2.45, 2.75) is 32.1 Å². The lowest BCUT2D eigenvalue weighted by molar-refractivity contribution is 0.0781. The number of amides is 1. The van der Waals surface area contributed by atoms with Crippen LogP contribution in [0.4, 0.5) is 0 Å². The van der Waals surface area contributed by atoms with E-state index in [0.717, 1.165) is 18.9 Å². The van der Waals surface area contributed by atoms with E-state index in [1.807, 2.05) is 6.07 Å². The first-order valence-corrected chi connectivity index (χ1v) is 6.83. The molecule has 0 aromatic carbocycles. The lowest BCUT2D eigenvalue weighted by Gasteiger charge is -2.19. The topological polar surface area (TPSA) is 57.0 Å². The number of carbonyl (C=O) groups excluding carboxylic acids is 1. The Morgan fingerprint density at radius 3 is 2.89 bits per heavy atom. The zero-order chi connectivity index (χ0) is 13.7. The molecule has 0 spiro atoms.